The second-order valence-electron chi connectivity index (χ2n) is 7.92. The van der Waals surface area contributed by atoms with Crippen molar-refractivity contribution >= 4 is 39.3 Å². The Morgan fingerprint density at radius 2 is 1.53 bits per heavy atom. The summed E-state index contributed by atoms with van der Waals surface area (Å²) in [6, 6.07) is 8.69. The van der Waals surface area contributed by atoms with Gasteiger partial charge in [-0.15, -0.1) is 11.3 Å². The smallest absolute Gasteiger partial charge is 0.475 e. The van der Waals surface area contributed by atoms with Gasteiger partial charge >= 0.3 is 24.3 Å². The molecule has 1 aromatic carbocycles. The SMILES string of the molecule is CCN1CCN(c2ncnc3scc(-c4cccc(C)c4)c23)CC1.O=C(O)C(F)(F)F.O=C(O)C(F)(F)F. The number of carboxylic acids is 2. The maximum atomic E-state index is 10.6. The quantitative estimate of drug-likeness (QED) is 0.423. The molecule has 208 valence electrons. The molecule has 8 nitrogen and oxygen atoms in total. The summed E-state index contributed by atoms with van der Waals surface area (Å²) in [7, 11) is 0. The number of alkyl halides is 6. The lowest BCUT2D eigenvalue weighted by Gasteiger charge is -2.35. The second kappa shape index (κ2) is 12.9. The topological polar surface area (TPSA) is 107 Å². The van der Waals surface area contributed by atoms with Crippen molar-refractivity contribution in [3.8, 4) is 11.1 Å². The standard InChI is InChI=1S/C19H22N4S.2C2HF3O2/c1-3-22-7-9-23(10-8-22)18-17-16(12-24-19(17)21-13-20-18)15-6-4-5-14(2)11-15;2*3-2(4,5)1(6)7/h4-6,11-13H,3,7-10H2,1-2H3;2*(H,6,7). The van der Waals surface area contributed by atoms with Gasteiger partial charge in [-0.05, 0) is 19.0 Å². The number of thiophene rings is 1. The van der Waals surface area contributed by atoms with Crippen LogP contribution in [0.4, 0.5) is 32.2 Å². The molecular formula is C23H24F6N4O4S. The van der Waals surface area contributed by atoms with Crippen LogP contribution in [0.25, 0.3) is 21.3 Å². The Bertz CT molecular complexity index is 1220. The monoisotopic (exact) mass is 566 g/mol. The van der Waals surface area contributed by atoms with Gasteiger partial charge in [0.1, 0.15) is 17.0 Å². The minimum Gasteiger partial charge on any atom is -0.475 e. The van der Waals surface area contributed by atoms with Gasteiger partial charge in [-0.2, -0.15) is 26.3 Å². The third-order valence-corrected chi connectivity index (χ3v) is 6.17. The molecule has 3 aromatic rings. The number of likely N-dealkylation sites (N-methyl/N-ethyl adjacent to an activating group) is 1. The Morgan fingerprint density at radius 3 is 2.00 bits per heavy atom. The van der Waals surface area contributed by atoms with Crippen LogP contribution in [0.2, 0.25) is 0 Å². The molecule has 15 heteroatoms. The predicted molar refractivity (Wildman–Crippen MR) is 129 cm³/mol. The number of aliphatic carboxylic acids is 2. The fraction of sp³-hybridized carbons (Fsp3) is 0.391. The fourth-order valence-corrected chi connectivity index (χ4v) is 4.31. The van der Waals surface area contributed by atoms with E-state index in [4.69, 9.17) is 19.8 Å². The minimum absolute atomic E-state index is 1.03. The molecule has 3 heterocycles. The molecule has 38 heavy (non-hydrogen) atoms. The van der Waals surface area contributed by atoms with Gasteiger partial charge in [0.25, 0.3) is 0 Å². The van der Waals surface area contributed by atoms with Crippen molar-refractivity contribution in [3.05, 3.63) is 41.5 Å². The molecule has 2 N–H and O–H groups in total. The van der Waals surface area contributed by atoms with E-state index in [2.05, 4.69) is 63.3 Å². The summed E-state index contributed by atoms with van der Waals surface area (Å²) >= 11 is 1.71. The normalized spacial score (nSPS) is 14.3. The third kappa shape index (κ3) is 8.55. The highest BCUT2D eigenvalue weighted by molar-refractivity contribution is 7.17. The minimum atomic E-state index is -5.08. The van der Waals surface area contributed by atoms with Gasteiger partial charge in [-0.3, -0.25) is 0 Å². The molecule has 1 fully saturated rings. The van der Waals surface area contributed by atoms with Crippen LogP contribution < -0.4 is 4.90 Å². The number of anilines is 1. The number of aromatic nitrogens is 2. The number of piperazine rings is 1. The van der Waals surface area contributed by atoms with Gasteiger partial charge in [-0.1, -0.05) is 36.8 Å². The summed E-state index contributed by atoms with van der Waals surface area (Å²) in [5.41, 5.74) is 3.79. The number of carbonyl (C=O) groups is 2. The number of rotatable bonds is 3. The van der Waals surface area contributed by atoms with Gasteiger partial charge in [0, 0.05) is 37.1 Å². The first-order chi connectivity index (χ1) is 17.6. The van der Waals surface area contributed by atoms with Crippen LogP contribution in [0.3, 0.4) is 0 Å². The Balaban J connectivity index is 0.000000301. The molecule has 0 atom stereocenters. The van der Waals surface area contributed by atoms with Crippen molar-refractivity contribution in [3.63, 3.8) is 0 Å². The van der Waals surface area contributed by atoms with Crippen molar-refractivity contribution in [1.82, 2.24) is 14.9 Å². The molecule has 0 saturated carbocycles. The zero-order valence-electron chi connectivity index (χ0n) is 20.2. The highest BCUT2D eigenvalue weighted by Gasteiger charge is 2.38. The molecule has 0 bridgehead atoms. The average molecular weight is 567 g/mol. The van der Waals surface area contributed by atoms with Crippen LogP contribution in [0.1, 0.15) is 12.5 Å². The van der Waals surface area contributed by atoms with E-state index in [1.807, 2.05) is 0 Å². The lowest BCUT2D eigenvalue weighted by atomic mass is 10.0. The summed E-state index contributed by atoms with van der Waals surface area (Å²) in [6.07, 6.45) is -8.46. The zero-order chi connectivity index (χ0) is 28.7. The van der Waals surface area contributed by atoms with Crippen molar-refractivity contribution in [2.24, 2.45) is 0 Å². The van der Waals surface area contributed by atoms with E-state index in [0.29, 0.717) is 0 Å². The number of fused-ring (bicyclic) bond motifs is 1. The lowest BCUT2D eigenvalue weighted by molar-refractivity contribution is -0.193. The summed E-state index contributed by atoms with van der Waals surface area (Å²) < 4.78 is 63.5. The maximum Gasteiger partial charge on any atom is 0.490 e. The van der Waals surface area contributed by atoms with Gasteiger partial charge in [-0.25, -0.2) is 19.6 Å². The lowest BCUT2D eigenvalue weighted by Crippen LogP contribution is -2.46. The van der Waals surface area contributed by atoms with E-state index in [-0.39, 0.29) is 0 Å². The van der Waals surface area contributed by atoms with E-state index >= 15 is 0 Å². The molecule has 2 aromatic heterocycles. The first-order valence-electron chi connectivity index (χ1n) is 11.0. The third-order valence-electron chi connectivity index (χ3n) is 5.28. The summed E-state index contributed by atoms with van der Waals surface area (Å²) in [5, 5.41) is 17.7. The van der Waals surface area contributed by atoms with Crippen LogP contribution in [-0.2, 0) is 9.59 Å². The highest BCUT2D eigenvalue weighted by atomic mass is 32.1. The van der Waals surface area contributed by atoms with E-state index in [0.717, 1.165) is 43.4 Å². The molecule has 1 saturated heterocycles. The largest absolute Gasteiger partial charge is 0.490 e. The Kier molecular flexibility index (Phi) is 10.4. The Hall–Kier alpha value is -3.46. The second-order valence-corrected chi connectivity index (χ2v) is 8.78. The van der Waals surface area contributed by atoms with Crippen LogP contribution >= 0.6 is 11.3 Å². The average Bonchev–Trinajstić information content (AvgIpc) is 3.28. The number of hydrogen-bond acceptors (Lipinski definition) is 7. The molecule has 0 amide bonds. The first-order valence-corrected chi connectivity index (χ1v) is 11.9. The molecule has 0 radical (unpaired) electrons. The zero-order valence-corrected chi connectivity index (χ0v) is 21.0. The van der Waals surface area contributed by atoms with Crippen molar-refractivity contribution in [1.29, 1.82) is 0 Å². The number of nitrogens with zero attached hydrogens (tertiary/aromatic N) is 4. The molecular weight excluding hydrogens is 542 g/mol. The number of aryl methyl sites for hydroxylation is 1. The molecule has 4 rings (SSSR count). The van der Waals surface area contributed by atoms with Crippen LogP contribution in [0, 0.1) is 6.92 Å². The van der Waals surface area contributed by atoms with Gasteiger partial charge in [0.15, 0.2) is 0 Å². The highest BCUT2D eigenvalue weighted by Crippen LogP contribution is 2.38. The van der Waals surface area contributed by atoms with Crippen molar-refractivity contribution < 1.29 is 46.1 Å². The van der Waals surface area contributed by atoms with Crippen molar-refractivity contribution in [2.45, 2.75) is 26.2 Å². The first kappa shape index (κ1) is 30.8. The molecule has 0 unspecified atom stereocenters. The maximum absolute atomic E-state index is 10.6. The van der Waals surface area contributed by atoms with E-state index in [1.54, 1.807) is 17.7 Å². The predicted octanol–water partition coefficient (Wildman–Crippen LogP) is 5.08. The Labute approximate surface area is 217 Å². The number of carboxylic acid groups (broad SMARTS) is 2. The molecule has 0 spiro atoms. The fourth-order valence-electron chi connectivity index (χ4n) is 3.40. The summed E-state index contributed by atoms with van der Waals surface area (Å²) in [6.45, 7) is 9.76. The van der Waals surface area contributed by atoms with Gasteiger partial charge < -0.3 is 20.0 Å². The molecule has 0 aliphatic carbocycles. The summed E-state index contributed by atoms with van der Waals surface area (Å²) in [5.74, 6) is -4.42. The van der Waals surface area contributed by atoms with Crippen LogP contribution in [0.15, 0.2) is 36.0 Å². The summed E-state index contributed by atoms with van der Waals surface area (Å²) in [4.78, 5) is 33.0. The molecule has 1 aliphatic rings. The van der Waals surface area contributed by atoms with Gasteiger partial charge in [0.2, 0.25) is 0 Å². The Morgan fingerprint density at radius 1 is 0.974 bits per heavy atom. The number of halogens is 6. The van der Waals surface area contributed by atoms with Crippen LogP contribution in [-0.4, -0.2) is 82.1 Å². The van der Waals surface area contributed by atoms with E-state index < -0.39 is 24.3 Å². The molecule has 1 aliphatic heterocycles. The van der Waals surface area contributed by atoms with E-state index in [1.165, 1.54) is 22.1 Å². The van der Waals surface area contributed by atoms with Crippen LogP contribution in [0.5, 0.6) is 0 Å². The van der Waals surface area contributed by atoms with Crippen molar-refractivity contribution in [2.75, 3.05) is 37.6 Å². The number of benzene rings is 1. The number of hydrogen-bond donors (Lipinski definition) is 2. The van der Waals surface area contributed by atoms with E-state index in [9.17, 15) is 26.3 Å². The van der Waals surface area contributed by atoms with Gasteiger partial charge in [0.05, 0.1) is 5.39 Å².